The lowest BCUT2D eigenvalue weighted by molar-refractivity contribution is 0.133. The zero-order chi connectivity index (χ0) is 17.5. The summed E-state index contributed by atoms with van der Waals surface area (Å²) < 4.78 is 25.0. The summed E-state index contributed by atoms with van der Waals surface area (Å²) in [4.78, 5) is 42.4. The Morgan fingerprint density at radius 2 is 1.46 bits per heavy atom. The topological polar surface area (TPSA) is 104 Å². The summed E-state index contributed by atoms with van der Waals surface area (Å²) in [5.74, 6) is 0. The van der Waals surface area contributed by atoms with Crippen LogP contribution < -0.4 is 16.9 Å². The Morgan fingerprint density at radius 3 is 2.12 bits per heavy atom. The first-order chi connectivity index (χ1) is 11.5. The number of aromatic nitrogens is 4. The molecule has 2 heterocycles. The molecule has 0 saturated carbocycles. The molecule has 0 aliphatic carbocycles. The number of aromatic amines is 3. The van der Waals surface area contributed by atoms with Crippen LogP contribution in [0.4, 0.5) is 8.78 Å². The normalized spacial score (nSPS) is 11.6. The lowest BCUT2D eigenvalue weighted by Crippen LogP contribution is -2.35. The van der Waals surface area contributed by atoms with Crippen molar-refractivity contribution in [1.82, 2.24) is 19.5 Å². The first-order valence-corrected chi connectivity index (χ1v) is 8.22. The number of rotatable bonds is 10. The fraction of sp³-hybridized carbons (Fsp3) is 0.667. The van der Waals surface area contributed by atoms with Crippen molar-refractivity contribution in [2.45, 2.75) is 64.3 Å². The van der Waals surface area contributed by atoms with E-state index in [9.17, 15) is 23.2 Å². The van der Waals surface area contributed by atoms with Crippen molar-refractivity contribution in [3.05, 3.63) is 31.3 Å². The van der Waals surface area contributed by atoms with E-state index in [2.05, 4.69) is 15.0 Å². The summed E-state index contributed by atoms with van der Waals surface area (Å²) >= 11 is 0. The minimum Gasteiger partial charge on any atom is -0.300 e. The molecule has 2 rings (SSSR count). The second-order valence-electron chi connectivity index (χ2n) is 5.87. The maximum Gasteiger partial charge on any atom is 0.330 e. The first-order valence-electron chi connectivity index (χ1n) is 8.22. The maximum atomic E-state index is 12.1. The third kappa shape index (κ3) is 4.90. The first kappa shape index (κ1) is 18.2. The van der Waals surface area contributed by atoms with Gasteiger partial charge in [-0.3, -0.25) is 24.3 Å². The predicted molar refractivity (Wildman–Crippen MR) is 86.7 cm³/mol. The molecule has 134 valence electrons. The van der Waals surface area contributed by atoms with Gasteiger partial charge in [0.25, 0.3) is 5.56 Å². The van der Waals surface area contributed by atoms with E-state index in [1.807, 2.05) is 0 Å². The van der Waals surface area contributed by atoms with E-state index < -0.39 is 23.4 Å². The van der Waals surface area contributed by atoms with Crippen LogP contribution in [0.1, 0.15) is 51.4 Å². The van der Waals surface area contributed by atoms with Crippen LogP contribution >= 0.6 is 0 Å². The molecule has 0 aliphatic heterocycles. The summed E-state index contributed by atoms with van der Waals surface area (Å²) in [5, 5.41) is 0. The van der Waals surface area contributed by atoms with Gasteiger partial charge in [-0.15, -0.1) is 0 Å². The fourth-order valence-electron chi connectivity index (χ4n) is 2.69. The summed E-state index contributed by atoms with van der Waals surface area (Å²) in [6.45, 7) is 0.280. The number of nitrogens with zero attached hydrogens (tertiary/aromatic N) is 1. The van der Waals surface area contributed by atoms with Crippen LogP contribution in [0.5, 0.6) is 0 Å². The molecule has 0 saturated heterocycles. The SMILES string of the molecule is O=c1[nH]c2[nH]c(=O)n(CCCCCCCCCC(F)F)c(=O)c2[nH]1. The molecule has 0 aliphatic rings. The highest BCUT2D eigenvalue weighted by Crippen LogP contribution is 2.11. The Morgan fingerprint density at radius 1 is 0.833 bits per heavy atom. The molecule has 3 N–H and O–H groups in total. The van der Waals surface area contributed by atoms with E-state index >= 15 is 0 Å². The Kier molecular flexibility index (Phi) is 6.51. The number of imidazole rings is 1. The molecule has 7 nitrogen and oxygen atoms in total. The van der Waals surface area contributed by atoms with E-state index in [1.54, 1.807) is 0 Å². The molecule has 24 heavy (non-hydrogen) atoms. The molecule has 0 aromatic carbocycles. The summed E-state index contributed by atoms with van der Waals surface area (Å²) in [5.41, 5.74) is -1.43. The monoisotopic (exact) mass is 344 g/mol. The van der Waals surface area contributed by atoms with Crippen molar-refractivity contribution < 1.29 is 8.78 Å². The number of alkyl halides is 2. The van der Waals surface area contributed by atoms with Gasteiger partial charge in [0.15, 0.2) is 5.52 Å². The van der Waals surface area contributed by atoms with Gasteiger partial charge in [0.1, 0.15) is 5.65 Å². The molecule has 0 unspecified atom stereocenters. The van der Waals surface area contributed by atoms with Gasteiger partial charge in [-0.25, -0.2) is 18.4 Å². The zero-order valence-electron chi connectivity index (χ0n) is 13.4. The quantitative estimate of drug-likeness (QED) is 0.575. The van der Waals surface area contributed by atoms with Crippen LogP contribution in [-0.2, 0) is 6.54 Å². The molecule has 9 heteroatoms. The Hall–Kier alpha value is -2.19. The van der Waals surface area contributed by atoms with Crippen LogP contribution in [-0.4, -0.2) is 25.9 Å². The molecular formula is C15H22F2N4O3. The van der Waals surface area contributed by atoms with Gasteiger partial charge >= 0.3 is 11.4 Å². The van der Waals surface area contributed by atoms with Crippen molar-refractivity contribution in [1.29, 1.82) is 0 Å². The van der Waals surface area contributed by atoms with Gasteiger partial charge in [-0.1, -0.05) is 32.1 Å². The summed E-state index contributed by atoms with van der Waals surface area (Å²) in [6.07, 6.45) is 3.44. The van der Waals surface area contributed by atoms with Gasteiger partial charge < -0.3 is 0 Å². The van der Waals surface area contributed by atoms with Crippen LogP contribution in [0.3, 0.4) is 0 Å². The average molecular weight is 344 g/mol. The lowest BCUT2D eigenvalue weighted by Gasteiger charge is -2.05. The molecule has 0 bridgehead atoms. The van der Waals surface area contributed by atoms with Crippen molar-refractivity contribution in [3.63, 3.8) is 0 Å². The molecule has 2 aromatic rings. The highest BCUT2D eigenvalue weighted by molar-refractivity contribution is 5.67. The van der Waals surface area contributed by atoms with E-state index in [0.29, 0.717) is 12.8 Å². The smallest absolute Gasteiger partial charge is 0.300 e. The number of hydrogen-bond acceptors (Lipinski definition) is 3. The van der Waals surface area contributed by atoms with E-state index in [1.165, 1.54) is 0 Å². The van der Waals surface area contributed by atoms with Crippen LogP contribution in [0.2, 0.25) is 0 Å². The second kappa shape index (κ2) is 8.60. The minimum atomic E-state index is -2.21. The molecule has 2 aromatic heterocycles. The van der Waals surface area contributed by atoms with Gasteiger partial charge in [0.05, 0.1) is 0 Å². The number of halogens is 2. The summed E-state index contributed by atoms with van der Waals surface area (Å²) in [6, 6.07) is 0. The van der Waals surface area contributed by atoms with Crippen LogP contribution in [0.25, 0.3) is 11.2 Å². The third-order valence-electron chi connectivity index (χ3n) is 3.97. The number of hydrogen-bond donors (Lipinski definition) is 3. The van der Waals surface area contributed by atoms with Gasteiger partial charge in [-0.2, -0.15) is 0 Å². The largest absolute Gasteiger partial charge is 0.330 e. The zero-order valence-corrected chi connectivity index (χ0v) is 13.4. The Balaban J connectivity index is 1.75. The molecule has 0 spiro atoms. The third-order valence-corrected chi connectivity index (χ3v) is 3.97. The van der Waals surface area contributed by atoms with Gasteiger partial charge in [0, 0.05) is 13.0 Å². The van der Waals surface area contributed by atoms with Crippen LogP contribution in [0.15, 0.2) is 14.4 Å². The second-order valence-corrected chi connectivity index (χ2v) is 5.87. The highest BCUT2D eigenvalue weighted by atomic mass is 19.3. The minimum absolute atomic E-state index is 0.0323. The number of nitrogens with one attached hydrogen (secondary N) is 3. The number of fused-ring (bicyclic) bond motifs is 1. The van der Waals surface area contributed by atoms with Gasteiger partial charge in [0.2, 0.25) is 6.43 Å². The standard InChI is InChI=1S/C15H22F2N4O3/c16-10(17)8-6-4-2-1-3-5-7-9-21-13(22)11-12(20-15(21)24)19-14(23)18-11/h10H,1-9H2,(H,20,24)(H2,18,19,23). The number of unbranched alkanes of at least 4 members (excludes halogenated alkanes) is 6. The lowest BCUT2D eigenvalue weighted by atomic mass is 10.1. The Labute approximate surface area is 136 Å². The van der Waals surface area contributed by atoms with E-state index in [4.69, 9.17) is 0 Å². The highest BCUT2D eigenvalue weighted by Gasteiger charge is 2.09. The van der Waals surface area contributed by atoms with Crippen molar-refractivity contribution in [3.8, 4) is 0 Å². The number of H-pyrrole nitrogens is 3. The van der Waals surface area contributed by atoms with Crippen molar-refractivity contribution in [2.75, 3.05) is 0 Å². The van der Waals surface area contributed by atoms with E-state index in [-0.39, 0.29) is 24.1 Å². The molecular weight excluding hydrogens is 322 g/mol. The Bertz CT molecular complexity index is 818. The predicted octanol–water partition coefficient (Wildman–Crippen LogP) is 2.09. The van der Waals surface area contributed by atoms with Crippen molar-refractivity contribution >= 4 is 11.2 Å². The molecule has 0 atom stereocenters. The molecule has 0 amide bonds. The van der Waals surface area contributed by atoms with Crippen molar-refractivity contribution in [2.24, 2.45) is 0 Å². The fourth-order valence-corrected chi connectivity index (χ4v) is 2.69. The molecule has 0 radical (unpaired) electrons. The van der Waals surface area contributed by atoms with E-state index in [0.717, 1.165) is 36.7 Å². The average Bonchev–Trinajstić information content (AvgIpc) is 2.88. The van der Waals surface area contributed by atoms with Gasteiger partial charge in [-0.05, 0) is 12.8 Å². The van der Waals surface area contributed by atoms with Crippen LogP contribution in [0, 0.1) is 0 Å². The summed E-state index contributed by atoms with van der Waals surface area (Å²) in [7, 11) is 0. The maximum absolute atomic E-state index is 12.1. The molecule has 0 fully saturated rings.